The molecule has 1 aromatic rings. The van der Waals surface area contributed by atoms with E-state index >= 15 is 0 Å². The summed E-state index contributed by atoms with van der Waals surface area (Å²) in [5.74, 6) is -0.219. The highest BCUT2D eigenvalue weighted by Crippen LogP contribution is 2.31. The van der Waals surface area contributed by atoms with Crippen molar-refractivity contribution in [2.45, 2.75) is 45.2 Å². The van der Waals surface area contributed by atoms with E-state index in [0.717, 1.165) is 19.3 Å². The Morgan fingerprint density at radius 2 is 1.93 bits per heavy atom. The van der Waals surface area contributed by atoms with E-state index in [1.165, 1.54) is 6.07 Å². The van der Waals surface area contributed by atoms with Crippen LogP contribution in [0.2, 0.25) is 0 Å². The van der Waals surface area contributed by atoms with Crippen LogP contribution >= 0.6 is 0 Å². The number of piperazine rings is 1. The Balaban J connectivity index is 1.57. The molecule has 1 saturated carbocycles. The lowest BCUT2D eigenvalue weighted by molar-refractivity contribution is -0.384. The molecule has 9 heteroatoms. The lowest BCUT2D eigenvalue weighted by Crippen LogP contribution is -2.51. The Kier molecular flexibility index (Phi) is 6.68. The van der Waals surface area contributed by atoms with Gasteiger partial charge >= 0.3 is 0 Å². The zero-order valence-electron chi connectivity index (χ0n) is 17.0. The number of carbonyl (C=O) groups excluding carboxylic acids is 2. The fraction of sp³-hybridized carbons (Fsp3) is 0.600. The number of amides is 2. The molecule has 0 spiro atoms. The highest BCUT2D eigenvalue weighted by molar-refractivity contribution is 5.96. The smallest absolute Gasteiger partial charge is 0.293 e. The van der Waals surface area contributed by atoms with Crippen LogP contribution < -0.4 is 10.6 Å². The van der Waals surface area contributed by atoms with Crippen LogP contribution in [0, 0.1) is 10.1 Å². The van der Waals surface area contributed by atoms with Crippen LogP contribution in [0.5, 0.6) is 0 Å². The SMILES string of the molecule is CCC(C)NC(=O)CN1CCN(C(=O)c2ccc(NC3CC3)c([N+](=O)[O-])c2)CC1. The molecule has 1 heterocycles. The summed E-state index contributed by atoms with van der Waals surface area (Å²) in [6.45, 7) is 6.50. The lowest BCUT2D eigenvalue weighted by atomic mass is 10.1. The van der Waals surface area contributed by atoms with Gasteiger partial charge < -0.3 is 15.5 Å². The van der Waals surface area contributed by atoms with Crippen LogP contribution in [-0.4, -0.2) is 71.3 Å². The Morgan fingerprint density at radius 3 is 2.52 bits per heavy atom. The normalized spacial score (nSPS) is 18.2. The first-order chi connectivity index (χ1) is 13.9. The van der Waals surface area contributed by atoms with Gasteiger partial charge in [-0.1, -0.05) is 6.92 Å². The second-order valence-corrected chi connectivity index (χ2v) is 7.85. The minimum atomic E-state index is -0.449. The van der Waals surface area contributed by atoms with Gasteiger partial charge in [0, 0.05) is 49.9 Å². The predicted molar refractivity (Wildman–Crippen MR) is 110 cm³/mol. The van der Waals surface area contributed by atoms with Gasteiger partial charge in [0.25, 0.3) is 11.6 Å². The summed E-state index contributed by atoms with van der Waals surface area (Å²) in [6.07, 6.45) is 2.91. The number of nitrogens with one attached hydrogen (secondary N) is 2. The molecular weight excluding hydrogens is 374 g/mol. The van der Waals surface area contributed by atoms with Crippen molar-refractivity contribution < 1.29 is 14.5 Å². The lowest BCUT2D eigenvalue weighted by Gasteiger charge is -2.34. The Hall–Kier alpha value is -2.68. The fourth-order valence-electron chi connectivity index (χ4n) is 3.30. The molecule has 1 saturated heterocycles. The molecule has 2 fully saturated rings. The molecule has 3 rings (SSSR count). The van der Waals surface area contributed by atoms with E-state index in [4.69, 9.17) is 0 Å². The quantitative estimate of drug-likeness (QED) is 0.507. The molecule has 1 unspecified atom stereocenters. The maximum atomic E-state index is 12.8. The van der Waals surface area contributed by atoms with Crippen molar-refractivity contribution in [1.29, 1.82) is 0 Å². The van der Waals surface area contributed by atoms with Crippen molar-refractivity contribution >= 4 is 23.2 Å². The largest absolute Gasteiger partial charge is 0.377 e. The average molecular weight is 403 g/mol. The van der Waals surface area contributed by atoms with E-state index in [0.29, 0.717) is 50.0 Å². The number of benzene rings is 1. The van der Waals surface area contributed by atoms with Gasteiger partial charge in [0.05, 0.1) is 11.5 Å². The standard InChI is InChI=1S/C20H29N5O4/c1-3-14(2)21-19(26)13-23-8-10-24(11-9-23)20(27)15-4-7-17(22-16-5-6-16)18(12-15)25(28)29/h4,7,12,14,16,22H,3,5-6,8-11,13H2,1-2H3,(H,21,26). The van der Waals surface area contributed by atoms with Crippen molar-refractivity contribution in [2.75, 3.05) is 38.0 Å². The molecule has 158 valence electrons. The first kappa shape index (κ1) is 21.0. The molecule has 1 aliphatic heterocycles. The number of anilines is 1. The molecular formula is C20H29N5O4. The zero-order chi connectivity index (χ0) is 21.0. The Morgan fingerprint density at radius 1 is 1.24 bits per heavy atom. The van der Waals surface area contributed by atoms with Gasteiger partial charge in [-0.2, -0.15) is 0 Å². The van der Waals surface area contributed by atoms with E-state index in [1.54, 1.807) is 17.0 Å². The zero-order valence-corrected chi connectivity index (χ0v) is 17.0. The maximum absolute atomic E-state index is 12.8. The van der Waals surface area contributed by atoms with Gasteiger partial charge in [0.2, 0.25) is 5.91 Å². The highest BCUT2D eigenvalue weighted by atomic mass is 16.6. The molecule has 9 nitrogen and oxygen atoms in total. The molecule has 0 radical (unpaired) electrons. The number of hydrogen-bond donors (Lipinski definition) is 2. The molecule has 2 N–H and O–H groups in total. The van der Waals surface area contributed by atoms with Crippen molar-refractivity contribution in [2.24, 2.45) is 0 Å². The number of rotatable bonds is 8. The molecule has 2 amide bonds. The highest BCUT2D eigenvalue weighted by Gasteiger charge is 2.28. The molecule has 1 atom stereocenters. The summed E-state index contributed by atoms with van der Waals surface area (Å²) in [5, 5.41) is 17.5. The van der Waals surface area contributed by atoms with Gasteiger partial charge in [0.1, 0.15) is 5.69 Å². The minimum absolute atomic E-state index is 0.00602. The number of carbonyl (C=O) groups is 2. The fourth-order valence-corrected chi connectivity index (χ4v) is 3.30. The first-order valence-electron chi connectivity index (χ1n) is 10.2. The van der Waals surface area contributed by atoms with Crippen LogP contribution in [0.15, 0.2) is 18.2 Å². The van der Waals surface area contributed by atoms with Gasteiger partial charge in [-0.05, 0) is 38.3 Å². The number of hydrogen-bond acceptors (Lipinski definition) is 6. The predicted octanol–water partition coefficient (Wildman–Crippen LogP) is 1.84. The molecule has 0 bridgehead atoms. The maximum Gasteiger partial charge on any atom is 0.293 e. The van der Waals surface area contributed by atoms with E-state index < -0.39 is 4.92 Å². The van der Waals surface area contributed by atoms with Gasteiger partial charge in [-0.25, -0.2) is 0 Å². The third-order valence-corrected chi connectivity index (χ3v) is 5.42. The Labute approximate surface area is 170 Å². The van der Waals surface area contributed by atoms with Crippen LogP contribution in [0.3, 0.4) is 0 Å². The van der Waals surface area contributed by atoms with E-state index in [-0.39, 0.29) is 23.5 Å². The van der Waals surface area contributed by atoms with Gasteiger partial charge in [-0.3, -0.25) is 24.6 Å². The summed E-state index contributed by atoms with van der Waals surface area (Å²) in [6, 6.07) is 5.07. The average Bonchev–Trinajstić information content (AvgIpc) is 3.52. The van der Waals surface area contributed by atoms with Crippen molar-refractivity contribution in [3.63, 3.8) is 0 Å². The molecule has 0 aromatic heterocycles. The summed E-state index contributed by atoms with van der Waals surface area (Å²) in [5.41, 5.74) is 0.718. The molecule has 2 aliphatic rings. The van der Waals surface area contributed by atoms with Gasteiger partial charge in [0.15, 0.2) is 0 Å². The summed E-state index contributed by atoms with van der Waals surface area (Å²) in [4.78, 5) is 39.5. The number of nitro benzene ring substituents is 1. The monoisotopic (exact) mass is 403 g/mol. The number of nitro groups is 1. The van der Waals surface area contributed by atoms with Crippen LogP contribution in [0.1, 0.15) is 43.5 Å². The van der Waals surface area contributed by atoms with Crippen LogP contribution in [-0.2, 0) is 4.79 Å². The van der Waals surface area contributed by atoms with E-state index in [9.17, 15) is 19.7 Å². The Bertz CT molecular complexity index is 772. The second-order valence-electron chi connectivity index (χ2n) is 7.85. The van der Waals surface area contributed by atoms with Crippen molar-refractivity contribution in [3.05, 3.63) is 33.9 Å². The summed E-state index contributed by atoms with van der Waals surface area (Å²) >= 11 is 0. The third-order valence-electron chi connectivity index (χ3n) is 5.42. The van der Waals surface area contributed by atoms with Crippen molar-refractivity contribution in [3.8, 4) is 0 Å². The van der Waals surface area contributed by atoms with E-state index in [2.05, 4.69) is 10.6 Å². The third kappa shape index (κ3) is 5.66. The molecule has 1 aliphatic carbocycles. The second kappa shape index (κ2) is 9.21. The summed E-state index contributed by atoms with van der Waals surface area (Å²) in [7, 11) is 0. The van der Waals surface area contributed by atoms with Crippen molar-refractivity contribution in [1.82, 2.24) is 15.1 Å². The first-order valence-corrected chi connectivity index (χ1v) is 10.2. The molecule has 1 aromatic carbocycles. The molecule has 29 heavy (non-hydrogen) atoms. The van der Waals surface area contributed by atoms with E-state index in [1.807, 2.05) is 18.7 Å². The van der Waals surface area contributed by atoms with Gasteiger partial charge in [-0.15, -0.1) is 0 Å². The number of nitrogens with zero attached hydrogens (tertiary/aromatic N) is 3. The van der Waals surface area contributed by atoms with Crippen LogP contribution in [0.4, 0.5) is 11.4 Å². The summed E-state index contributed by atoms with van der Waals surface area (Å²) < 4.78 is 0. The minimum Gasteiger partial charge on any atom is -0.377 e. The topological polar surface area (TPSA) is 108 Å². The van der Waals surface area contributed by atoms with Crippen LogP contribution in [0.25, 0.3) is 0 Å².